The van der Waals surface area contributed by atoms with Crippen molar-refractivity contribution in [3.05, 3.63) is 45.5 Å². The maximum atomic E-state index is 10.9. The number of nitrogens with zero attached hydrogens (tertiary/aromatic N) is 1. The van der Waals surface area contributed by atoms with Gasteiger partial charge in [0, 0.05) is 11.6 Å². The minimum Gasteiger partial charge on any atom is -0.481 e. The lowest BCUT2D eigenvalue weighted by Gasteiger charge is -2.01. The number of rotatable bonds is 6. The Hall–Kier alpha value is -2.21. The van der Waals surface area contributed by atoms with Crippen LogP contribution in [-0.2, 0) is 11.2 Å². The van der Waals surface area contributed by atoms with E-state index in [1.807, 2.05) is 6.08 Å². The van der Waals surface area contributed by atoms with E-state index in [1.165, 1.54) is 12.1 Å². The molecular formula is C12H14N2O4. The maximum Gasteiger partial charge on any atom is 0.308 e. The van der Waals surface area contributed by atoms with Gasteiger partial charge in [-0.05, 0) is 18.5 Å². The molecule has 0 aromatic heterocycles. The van der Waals surface area contributed by atoms with Gasteiger partial charge in [-0.1, -0.05) is 24.3 Å². The van der Waals surface area contributed by atoms with Crippen molar-refractivity contribution < 1.29 is 14.8 Å². The van der Waals surface area contributed by atoms with E-state index >= 15 is 0 Å². The van der Waals surface area contributed by atoms with Gasteiger partial charge in [0.05, 0.1) is 11.3 Å². The molecule has 0 heterocycles. The van der Waals surface area contributed by atoms with E-state index in [2.05, 4.69) is 0 Å². The van der Waals surface area contributed by atoms with Gasteiger partial charge in [-0.3, -0.25) is 14.9 Å². The summed E-state index contributed by atoms with van der Waals surface area (Å²) in [5.41, 5.74) is 6.01. The third-order valence-electron chi connectivity index (χ3n) is 2.29. The van der Waals surface area contributed by atoms with Crippen molar-refractivity contribution in [2.45, 2.75) is 12.8 Å². The zero-order valence-electron chi connectivity index (χ0n) is 9.70. The molecule has 6 nitrogen and oxygen atoms in total. The number of carboxylic acids is 1. The van der Waals surface area contributed by atoms with Crippen LogP contribution in [0.3, 0.4) is 0 Å². The summed E-state index contributed by atoms with van der Waals surface area (Å²) in [6.45, 7) is 0.510. The Bertz CT molecular complexity index is 483. The molecule has 0 atom stereocenters. The van der Waals surface area contributed by atoms with Crippen LogP contribution in [0.25, 0.3) is 6.08 Å². The zero-order valence-corrected chi connectivity index (χ0v) is 9.70. The predicted molar refractivity (Wildman–Crippen MR) is 67.1 cm³/mol. The highest BCUT2D eigenvalue weighted by atomic mass is 16.6. The zero-order chi connectivity index (χ0) is 13.5. The molecule has 0 aliphatic heterocycles. The second kappa shape index (κ2) is 6.51. The Morgan fingerprint density at radius 2 is 2.22 bits per heavy atom. The number of nitro benzene ring substituents is 1. The van der Waals surface area contributed by atoms with Crippen LogP contribution in [0.5, 0.6) is 0 Å². The van der Waals surface area contributed by atoms with Crippen LogP contribution in [-0.4, -0.2) is 22.5 Å². The predicted octanol–water partition coefficient (Wildman–Crippen LogP) is 1.58. The summed E-state index contributed by atoms with van der Waals surface area (Å²) < 4.78 is 0. The molecule has 0 aliphatic rings. The molecule has 0 spiro atoms. The summed E-state index contributed by atoms with van der Waals surface area (Å²) >= 11 is 0. The molecule has 0 unspecified atom stereocenters. The molecule has 1 aromatic rings. The van der Waals surface area contributed by atoms with Gasteiger partial charge in [-0.15, -0.1) is 0 Å². The number of carboxylic acid groups (broad SMARTS) is 1. The van der Waals surface area contributed by atoms with Gasteiger partial charge in [0.1, 0.15) is 0 Å². The first kappa shape index (κ1) is 13.9. The fraction of sp³-hybridized carbons (Fsp3) is 0.250. The maximum absolute atomic E-state index is 10.9. The average molecular weight is 250 g/mol. The highest BCUT2D eigenvalue weighted by Crippen LogP contribution is 2.21. The lowest BCUT2D eigenvalue weighted by Crippen LogP contribution is -2.03. The van der Waals surface area contributed by atoms with Gasteiger partial charge in [0.25, 0.3) is 5.69 Å². The van der Waals surface area contributed by atoms with Crippen LogP contribution < -0.4 is 5.73 Å². The van der Waals surface area contributed by atoms with E-state index in [0.717, 1.165) is 0 Å². The standard InChI is InChI=1S/C12H14N2O4/c13-6-2-1-3-9-4-5-10(8-12(15)16)11(7-9)14(17)18/h1,3-5,7H,2,6,8,13H2,(H,15,16). The molecular weight excluding hydrogens is 236 g/mol. The van der Waals surface area contributed by atoms with Crippen LogP contribution in [0.1, 0.15) is 17.5 Å². The first-order chi connectivity index (χ1) is 8.54. The third-order valence-corrected chi connectivity index (χ3v) is 2.29. The van der Waals surface area contributed by atoms with Crippen molar-refractivity contribution in [1.82, 2.24) is 0 Å². The summed E-state index contributed by atoms with van der Waals surface area (Å²) in [6, 6.07) is 4.48. The number of carbonyl (C=O) groups is 1. The first-order valence-electron chi connectivity index (χ1n) is 5.40. The number of hydrogen-bond acceptors (Lipinski definition) is 4. The average Bonchev–Trinajstić information content (AvgIpc) is 2.30. The topological polar surface area (TPSA) is 106 Å². The van der Waals surface area contributed by atoms with E-state index in [1.54, 1.807) is 12.1 Å². The lowest BCUT2D eigenvalue weighted by molar-refractivity contribution is -0.385. The first-order valence-corrected chi connectivity index (χ1v) is 5.40. The van der Waals surface area contributed by atoms with Crippen LogP contribution in [0.2, 0.25) is 0 Å². The van der Waals surface area contributed by atoms with Crippen LogP contribution in [0.4, 0.5) is 5.69 Å². The summed E-state index contributed by atoms with van der Waals surface area (Å²) in [6.07, 6.45) is 3.87. The monoisotopic (exact) mass is 250 g/mol. The van der Waals surface area contributed by atoms with Gasteiger partial charge >= 0.3 is 5.97 Å². The quantitative estimate of drug-likeness (QED) is 0.588. The van der Waals surface area contributed by atoms with Crippen molar-refractivity contribution in [1.29, 1.82) is 0 Å². The van der Waals surface area contributed by atoms with Gasteiger partial charge in [-0.2, -0.15) is 0 Å². The highest BCUT2D eigenvalue weighted by molar-refractivity contribution is 5.72. The number of benzene rings is 1. The summed E-state index contributed by atoms with van der Waals surface area (Å²) in [7, 11) is 0. The molecule has 1 rings (SSSR count). The molecule has 18 heavy (non-hydrogen) atoms. The number of hydrogen-bond donors (Lipinski definition) is 2. The third kappa shape index (κ3) is 3.99. The molecule has 1 aromatic carbocycles. The SMILES string of the molecule is NCCC=Cc1ccc(CC(=O)O)c([N+](=O)[O-])c1. The molecule has 0 saturated carbocycles. The van der Waals surface area contributed by atoms with E-state index in [4.69, 9.17) is 10.8 Å². The second-order valence-electron chi connectivity index (χ2n) is 3.70. The van der Waals surface area contributed by atoms with Crippen molar-refractivity contribution >= 4 is 17.7 Å². The Kier molecular flexibility index (Phi) is 5.01. The largest absolute Gasteiger partial charge is 0.481 e. The van der Waals surface area contributed by atoms with E-state index in [-0.39, 0.29) is 17.7 Å². The van der Waals surface area contributed by atoms with Gasteiger partial charge < -0.3 is 10.8 Å². The van der Waals surface area contributed by atoms with E-state index in [9.17, 15) is 14.9 Å². The molecule has 6 heteroatoms. The Morgan fingerprint density at radius 3 is 2.78 bits per heavy atom. The van der Waals surface area contributed by atoms with E-state index < -0.39 is 10.9 Å². The van der Waals surface area contributed by atoms with Gasteiger partial charge in [0.15, 0.2) is 0 Å². The number of nitro groups is 1. The second-order valence-corrected chi connectivity index (χ2v) is 3.70. The Balaban J connectivity index is 3.03. The normalized spacial score (nSPS) is 10.7. The smallest absolute Gasteiger partial charge is 0.308 e. The number of nitrogens with two attached hydrogens (primary N) is 1. The Labute approximate surface area is 104 Å². The minimum atomic E-state index is -1.09. The molecule has 96 valence electrons. The van der Waals surface area contributed by atoms with Crippen LogP contribution in [0, 0.1) is 10.1 Å². The number of aliphatic carboxylic acids is 1. The molecule has 0 amide bonds. The molecule has 0 bridgehead atoms. The molecule has 0 radical (unpaired) electrons. The molecule has 0 aliphatic carbocycles. The minimum absolute atomic E-state index is 0.174. The van der Waals surface area contributed by atoms with Crippen LogP contribution >= 0.6 is 0 Å². The van der Waals surface area contributed by atoms with Crippen molar-refractivity contribution in [3.8, 4) is 0 Å². The summed E-state index contributed by atoms with van der Waals surface area (Å²) in [5, 5.41) is 19.5. The van der Waals surface area contributed by atoms with Crippen LogP contribution in [0.15, 0.2) is 24.3 Å². The Morgan fingerprint density at radius 1 is 1.50 bits per heavy atom. The van der Waals surface area contributed by atoms with Crippen molar-refractivity contribution in [3.63, 3.8) is 0 Å². The molecule has 0 fully saturated rings. The fourth-order valence-electron chi connectivity index (χ4n) is 1.48. The molecule has 0 saturated heterocycles. The fourth-order valence-corrected chi connectivity index (χ4v) is 1.48. The van der Waals surface area contributed by atoms with Gasteiger partial charge in [0.2, 0.25) is 0 Å². The van der Waals surface area contributed by atoms with E-state index in [0.29, 0.717) is 18.5 Å². The summed E-state index contributed by atoms with van der Waals surface area (Å²) in [4.78, 5) is 20.9. The summed E-state index contributed by atoms with van der Waals surface area (Å²) in [5.74, 6) is -1.09. The lowest BCUT2D eigenvalue weighted by atomic mass is 10.1. The van der Waals surface area contributed by atoms with Crippen molar-refractivity contribution in [2.75, 3.05) is 6.54 Å². The van der Waals surface area contributed by atoms with Crippen molar-refractivity contribution in [2.24, 2.45) is 5.73 Å². The molecule has 3 N–H and O–H groups in total. The van der Waals surface area contributed by atoms with Gasteiger partial charge in [-0.25, -0.2) is 0 Å². The highest BCUT2D eigenvalue weighted by Gasteiger charge is 2.16.